The lowest BCUT2D eigenvalue weighted by molar-refractivity contribution is -0.146. The Hall–Kier alpha value is -1.30. The molecule has 0 saturated heterocycles. The van der Waals surface area contributed by atoms with E-state index in [0.29, 0.717) is 5.92 Å². The molecular formula is C12H21NO5. The first kappa shape index (κ1) is 14.8. The Balaban J connectivity index is 2.33. The lowest BCUT2D eigenvalue weighted by Crippen LogP contribution is -2.36. The van der Waals surface area contributed by atoms with E-state index in [1.807, 2.05) is 0 Å². The van der Waals surface area contributed by atoms with Gasteiger partial charge in [-0.1, -0.05) is 0 Å². The molecule has 0 aromatic heterocycles. The van der Waals surface area contributed by atoms with Crippen LogP contribution in [-0.2, 0) is 19.1 Å². The minimum atomic E-state index is -0.655. The smallest absolute Gasteiger partial charge is 0.431 e. The first-order chi connectivity index (χ1) is 8.31. The molecule has 104 valence electrons. The molecular weight excluding hydrogens is 238 g/mol. The van der Waals surface area contributed by atoms with Crippen LogP contribution in [0.15, 0.2) is 0 Å². The quantitative estimate of drug-likeness (QED) is 0.602. The van der Waals surface area contributed by atoms with E-state index < -0.39 is 11.7 Å². The van der Waals surface area contributed by atoms with Gasteiger partial charge in [0.15, 0.2) is 0 Å². The molecule has 1 atom stereocenters. The molecule has 0 aromatic carbocycles. The molecule has 6 nitrogen and oxygen atoms in total. The van der Waals surface area contributed by atoms with Crippen LogP contribution in [0.25, 0.3) is 0 Å². The highest BCUT2D eigenvalue weighted by molar-refractivity contribution is 5.70. The molecule has 1 fully saturated rings. The summed E-state index contributed by atoms with van der Waals surface area (Å²) in [5.41, 5.74) is 1.64. The second-order valence-electron chi connectivity index (χ2n) is 5.38. The van der Waals surface area contributed by atoms with E-state index >= 15 is 0 Å². The molecule has 0 bridgehead atoms. The maximum absolute atomic E-state index is 11.4. The van der Waals surface area contributed by atoms with Crippen molar-refractivity contribution in [3.05, 3.63) is 0 Å². The number of hydrogen-bond donors (Lipinski definition) is 1. The summed E-state index contributed by atoms with van der Waals surface area (Å²) >= 11 is 0. The zero-order valence-corrected chi connectivity index (χ0v) is 11.3. The van der Waals surface area contributed by atoms with Crippen LogP contribution in [0.4, 0.5) is 4.79 Å². The van der Waals surface area contributed by atoms with Crippen LogP contribution < -0.4 is 5.48 Å². The van der Waals surface area contributed by atoms with Crippen molar-refractivity contribution >= 4 is 12.1 Å². The number of carbonyl (C=O) groups excluding carboxylic acids is 2. The third-order valence-electron chi connectivity index (χ3n) is 2.44. The van der Waals surface area contributed by atoms with E-state index in [4.69, 9.17) is 9.57 Å². The second-order valence-corrected chi connectivity index (χ2v) is 5.38. The van der Waals surface area contributed by atoms with Gasteiger partial charge in [0.25, 0.3) is 0 Å². The lowest BCUT2D eigenvalue weighted by atomic mass is 10.2. The molecule has 0 spiro atoms. The van der Waals surface area contributed by atoms with Crippen LogP contribution in [0.1, 0.15) is 40.0 Å². The molecule has 1 aliphatic carbocycles. The number of ether oxygens (including phenoxy) is 2. The summed E-state index contributed by atoms with van der Waals surface area (Å²) in [6, 6.07) is 0. The molecule has 0 aliphatic heterocycles. The fourth-order valence-electron chi connectivity index (χ4n) is 1.44. The largest absolute Gasteiger partial charge is 0.469 e. The van der Waals surface area contributed by atoms with Crippen molar-refractivity contribution in [1.29, 1.82) is 0 Å². The van der Waals surface area contributed by atoms with Gasteiger partial charge in [0, 0.05) is 0 Å². The van der Waals surface area contributed by atoms with Gasteiger partial charge >= 0.3 is 12.1 Å². The van der Waals surface area contributed by atoms with Crippen molar-refractivity contribution in [3.63, 3.8) is 0 Å². The summed E-state index contributed by atoms with van der Waals surface area (Å²) in [6.45, 7) is 5.29. The fourth-order valence-corrected chi connectivity index (χ4v) is 1.44. The van der Waals surface area contributed by atoms with E-state index in [1.165, 1.54) is 7.11 Å². The SMILES string of the molecule is COC(=O)CC(ONC(=O)OC(C)(C)C)C1CC1. The van der Waals surface area contributed by atoms with Crippen molar-refractivity contribution in [3.8, 4) is 0 Å². The van der Waals surface area contributed by atoms with E-state index in [1.54, 1.807) is 20.8 Å². The van der Waals surface area contributed by atoms with Crippen LogP contribution in [-0.4, -0.2) is 30.9 Å². The molecule has 18 heavy (non-hydrogen) atoms. The molecule has 1 aliphatic rings. The van der Waals surface area contributed by atoms with Crippen molar-refractivity contribution < 1.29 is 23.9 Å². The van der Waals surface area contributed by atoms with Crippen molar-refractivity contribution in [2.24, 2.45) is 5.92 Å². The van der Waals surface area contributed by atoms with Gasteiger partial charge in [-0.3, -0.25) is 9.63 Å². The maximum atomic E-state index is 11.4. The molecule has 1 saturated carbocycles. The third kappa shape index (κ3) is 5.86. The molecule has 1 rings (SSSR count). The van der Waals surface area contributed by atoms with Crippen molar-refractivity contribution in [2.45, 2.75) is 51.7 Å². The number of hydroxylamine groups is 1. The van der Waals surface area contributed by atoms with E-state index in [9.17, 15) is 9.59 Å². The Morgan fingerprint density at radius 1 is 1.33 bits per heavy atom. The number of hydrogen-bond acceptors (Lipinski definition) is 5. The van der Waals surface area contributed by atoms with Gasteiger partial charge in [0.05, 0.1) is 19.6 Å². The average molecular weight is 259 g/mol. The molecule has 6 heteroatoms. The highest BCUT2D eigenvalue weighted by Gasteiger charge is 2.35. The monoisotopic (exact) mass is 259 g/mol. The standard InChI is InChI=1S/C12H21NO5/c1-12(2,3)17-11(15)13-18-9(8-5-6-8)7-10(14)16-4/h8-9H,5-7H2,1-4H3,(H,13,15). The highest BCUT2D eigenvalue weighted by Crippen LogP contribution is 2.35. The van der Waals surface area contributed by atoms with Crippen LogP contribution in [0, 0.1) is 5.92 Å². The number of esters is 1. The first-order valence-electron chi connectivity index (χ1n) is 6.03. The Morgan fingerprint density at radius 2 is 1.94 bits per heavy atom. The summed E-state index contributed by atoms with van der Waals surface area (Å²) in [7, 11) is 1.33. The molecule has 0 aromatic rings. The van der Waals surface area contributed by atoms with E-state index in [0.717, 1.165) is 12.8 Å². The van der Waals surface area contributed by atoms with Gasteiger partial charge < -0.3 is 9.47 Å². The fraction of sp³-hybridized carbons (Fsp3) is 0.833. The number of amides is 1. The second kappa shape index (κ2) is 6.04. The van der Waals surface area contributed by atoms with Crippen LogP contribution >= 0.6 is 0 Å². The summed E-state index contributed by atoms with van der Waals surface area (Å²) in [4.78, 5) is 27.8. The van der Waals surface area contributed by atoms with Crippen molar-refractivity contribution in [1.82, 2.24) is 5.48 Å². The predicted molar refractivity (Wildman–Crippen MR) is 63.6 cm³/mol. The minimum absolute atomic E-state index is 0.136. The Kier molecular flexibility index (Phi) is 4.95. The number of carbonyl (C=O) groups is 2. The normalized spacial score (nSPS) is 16.9. The van der Waals surface area contributed by atoms with Gasteiger partial charge in [-0.05, 0) is 39.5 Å². The zero-order valence-electron chi connectivity index (χ0n) is 11.3. The zero-order chi connectivity index (χ0) is 13.8. The van der Waals surface area contributed by atoms with Crippen LogP contribution in [0.5, 0.6) is 0 Å². The molecule has 0 radical (unpaired) electrons. The van der Waals surface area contributed by atoms with E-state index in [2.05, 4.69) is 10.2 Å². The van der Waals surface area contributed by atoms with E-state index in [-0.39, 0.29) is 18.5 Å². The van der Waals surface area contributed by atoms with Gasteiger partial charge in [-0.25, -0.2) is 4.79 Å². The summed E-state index contributed by atoms with van der Waals surface area (Å²) in [5.74, 6) is -0.0445. The molecule has 1 unspecified atom stereocenters. The summed E-state index contributed by atoms with van der Waals surface area (Å²) < 4.78 is 9.61. The number of nitrogens with one attached hydrogen (secondary N) is 1. The third-order valence-corrected chi connectivity index (χ3v) is 2.44. The lowest BCUT2D eigenvalue weighted by Gasteiger charge is -2.21. The maximum Gasteiger partial charge on any atom is 0.431 e. The molecule has 1 N–H and O–H groups in total. The highest BCUT2D eigenvalue weighted by atomic mass is 16.7. The number of rotatable bonds is 5. The first-order valence-corrected chi connectivity index (χ1v) is 6.03. The molecule has 0 heterocycles. The van der Waals surface area contributed by atoms with Gasteiger partial charge in [-0.2, -0.15) is 5.48 Å². The minimum Gasteiger partial charge on any atom is -0.469 e. The summed E-state index contributed by atoms with van der Waals surface area (Å²) in [5, 5.41) is 0. The van der Waals surface area contributed by atoms with Crippen LogP contribution in [0.2, 0.25) is 0 Å². The van der Waals surface area contributed by atoms with Gasteiger partial charge in [0.1, 0.15) is 5.60 Å². The Bertz CT molecular complexity index is 306. The summed E-state index contributed by atoms with van der Waals surface area (Å²) in [6.07, 6.45) is 1.13. The Labute approximate surface area is 107 Å². The van der Waals surface area contributed by atoms with Crippen LogP contribution in [0.3, 0.4) is 0 Å². The van der Waals surface area contributed by atoms with Crippen molar-refractivity contribution in [2.75, 3.05) is 7.11 Å². The Morgan fingerprint density at radius 3 is 2.39 bits per heavy atom. The van der Waals surface area contributed by atoms with Gasteiger partial charge in [0.2, 0.25) is 0 Å². The number of methoxy groups -OCH3 is 1. The van der Waals surface area contributed by atoms with Gasteiger partial charge in [-0.15, -0.1) is 0 Å². The predicted octanol–water partition coefficient (Wildman–Crippen LogP) is 1.78. The average Bonchev–Trinajstić information content (AvgIpc) is 3.04. The molecule has 1 amide bonds. The topological polar surface area (TPSA) is 73.9 Å².